The molecule has 0 aromatic heterocycles. The van der Waals surface area contributed by atoms with Crippen molar-refractivity contribution in [1.29, 1.82) is 0 Å². The second kappa shape index (κ2) is 23.2. The Morgan fingerprint density at radius 1 is 0.526 bits per heavy atom. The third-order valence-corrected chi connectivity index (χ3v) is 5.74. The molecule has 38 heavy (non-hydrogen) atoms. The van der Waals surface area contributed by atoms with Gasteiger partial charge in [0.2, 0.25) is 0 Å². The molecule has 3 unspecified atom stereocenters. The van der Waals surface area contributed by atoms with Crippen molar-refractivity contribution < 1.29 is 24.9 Å². The van der Waals surface area contributed by atoms with Crippen LogP contribution in [0.2, 0.25) is 0 Å². The van der Waals surface area contributed by atoms with Gasteiger partial charge in [-0.2, -0.15) is 0 Å². The molecule has 0 aliphatic rings. The van der Waals surface area contributed by atoms with Gasteiger partial charge in [-0.05, 0) is 58.9 Å². The number of aliphatic hydroxyl groups is 3. The van der Waals surface area contributed by atoms with Crippen molar-refractivity contribution in [3.63, 3.8) is 0 Å². The van der Waals surface area contributed by atoms with E-state index in [0.29, 0.717) is 58.3 Å². The van der Waals surface area contributed by atoms with Gasteiger partial charge in [-0.1, -0.05) is 26.7 Å². The van der Waals surface area contributed by atoms with E-state index in [1.807, 2.05) is 4.90 Å². The Morgan fingerprint density at radius 3 is 1.16 bits per heavy atom. The Kier molecular flexibility index (Phi) is 22.2. The average Bonchev–Trinajstić information content (AvgIpc) is 2.79. The molecular formula is C27H58N6O5. The smallest absolute Gasteiger partial charge is 0.314 e. The molecule has 0 aliphatic heterocycles. The van der Waals surface area contributed by atoms with Crippen molar-refractivity contribution >= 4 is 12.1 Å². The highest BCUT2D eigenvalue weighted by atomic mass is 16.3. The van der Waals surface area contributed by atoms with E-state index in [1.54, 1.807) is 20.8 Å². The monoisotopic (exact) mass is 546 g/mol. The Balaban J connectivity index is 3.68. The summed E-state index contributed by atoms with van der Waals surface area (Å²) in [6.07, 6.45) is 4.06. The Labute approximate surface area is 231 Å². The van der Waals surface area contributed by atoms with Gasteiger partial charge in [-0.25, -0.2) is 9.59 Å². The zero-order valence-corrected chi connectivity index (χ0v) is 24.7. The first-order valence-electron chi connectivity index (χ1n) is 14.5. The van der Waals surface area contributed by atoms with Crippen molar-refractivity contribution in [2.75, 3.05) is 65.4 Å². The van der Waals surface area contributed by atoms with Crippen molar-refractivity contribution in [3.8, 4) is 0 Å². The van der Waals surface area contributed by atoms with Gasteiger partial charge >= 0.3 is 12.1 Å². The summed E-state index contributed by atoms with van der Waals surface area (Å²) in [5.74, 6) is 0.537. The maximum atomic E-state index is 11.9. The van der Waals surface area contributed by atoms with Gasteiger partial charge < -0.3 is 41.5 Å². The molecule has 11 nitrogen and oxygen atoms in total. The minimum absolute atomic E-state index is 0.144. The first-order chi connectivity index (χ1) is 18.0. The zero-order valence-electron chi connectivity index (χ0n) is 24.7. The Morgan fingerprint density at radius 2 is 0.842 bits per heavy atom. The fourth-order valence-electron chi connectivity index (χ4n) is 4.29. The number of hydrogen-bond acceptors (Lipinski definition) is 7. The van der Waals surface area contributed by atoms with Crippen LogP contribution in [0.5, 0.6) is 0 Å². The minimum atomic E-state index is -0.457. The summed E-state index contributed by atoms with van der Waals surface area (Å²) in [6.45, 7) is 16.1. The van der Waals surface area contributed by atoms with E-state index in [0.717, 1.165) is 51.6 Å². The standard InChI is InChI=1S/C27H58N6O5/c1-22(2)18-32(19-23(3)34)16-10-14-30-26(37)28-12-8-6-7-9-13-29-27(38)31-15-11-17-33(20-24(4)35)21-25(5)36/h22-25,34-36H,6-21H2,1-5H3,(H2,28,30,37)(H2,29,31,38). The van der Waals surface area contributed by atoms with Crippen LogP contribution in [-0.2, 0) is 0 Å². The first kappa shape index (κ1) is 36.3. The lowest BCUT2D eigenvalue weighted by Gasteiger charge is -2.25. The second-order valence-electron chi connectivity index (χ2n) is 10.9. The number of aliphatic hydroxyl groups excluding tert-OH is 3. The third kappa shape index (κ3) is 24.7. The van der Waals surface area contributed by atoms with E-state index in [9.17, 15) is 24.9 Å². The molecule has 11 heteroatoms. The van der Waals surface area contributed by atoms with Crippen LogP contribution in [0.4, 0.5) is 9.59 Å². The molecule has 0 saturated heterocycles. The molecule has 0 aliphatic carbocycles. The maximum Gasteiger partial charge on any atom is 0.314 e. The molecule has 0 saturated carbocycles. The molecule has 3 atom stereocenters. The van der Waals surface area contributed by atoms with Gasteiger partial charge in [0.05, 0.1) is 18.3 Å². The number of urea groups is 2. The van der Waals surface area contributed by atoms with Crippen molar-refractivity contribution in [1.82, 2.24) is 31.1 Å². The SMILES string of the molecule is CC(C)CN(CCCNC(=O)NCCCCCCNC(=O)NCCCN(CC(C)O)CC(C)O)CC(C)O. The van der Waals surface area contributed by atoms with Crippen molar-refractivity contribution in [2.45, 2.75) is 91.5 Å². The molecule has 226 valence electrons. The summed E-state index contributed by atoms with van der Waals surface area (Å²) in [5.41, 5.74) is 0. The van der Waals surface area contributed by atoms with Crippen molar-refractivity contribution in [2.24, 2.45) is 5.92 Å². The molecule has 0 heterocycles. The lowest BCUT2D eigenvalue weighted by atomic mass is 10.2. The predicted molar refractivity (Wildman–Crippen MR) is 153 cm³/mol. The van der Waals surface area contributed by atoms with E-state index in [2.05, 4.69) is 40.0 Å². The quantitative estimate of drug-likeness (QED) is 0.0956. The van der Waals surface area contributed by atoms with E-state index in [1.165, 1.54) is 0 Å². The molecule has 0 bridgehead atoms. The molecule has 4 amide bonds. The number of amides is 4. The minimum Gasteiger partial charge on any atom is -0.392 e. The fourth-order valence-corrected chi connectivity index (χ4v) is 4.29. The molecular weight excluding hydrogens is 488 g/mol. The number of nitrogens with one attached hydrogen (secondary N) is 4. The zero-order chi connectivity index (χ0) is 28.8. The molecule has 0 fully saturated rings. The summed E-state index contributed by atoms with van der Waals surface area (Å²) in [5, 5.41) is 40.2. The van der Waals surface area contributed by atoms with Crippen molar-refractivity contribution in [3.05, 3.63) is 0 Å². The number of carbonyl (C=O) groups excluding carboxylic acids is 2. The van der Waals surface area contributed by atoms with E-state index >= 15 is 0 Å². The highest BCUT2D eigenvalue weighted by Crippen LogP contribution is 2.02. The molecule has 0 rings (SSSR count). The topological polar surface area (TPSA) is 149 Å². The van der Waals surface area contributed by atoms with Crippen LogP contribution in [0.15, 0.2) is 0 Å². The van der Waals surface area contributed by atoms with Crippen LogP contribution in [0.1, 0.15) is 73.1 Å². The summed E-state index contributed by atoms with van der Waals surface area (Å²) < 4.78 is 0. The van der Waals surface area contributed by atoms with Crippen LogP contribution in [0.3, 0.4) is 0 Å². The average molecular weight is 547 g/mol. The normalized spacial score (nSPS) is 14.0. The summed E-state index contributed by atoms with van der Waals surface area (Å²) in [6, 6.07) is -0.326. The molecule has 0 aromatic rings. The summed E-state index contributed by atoms with van der Waals surface area (Å²) >= 11 is 0. The van der Waals surface area contributed by atoms with Crippen LogP contribution in [0.25, 0.3) is 0 Å². The highest BCUT2D eigenvalue weighted by molar-refractivity contribution is 5.74. The highest BCUT2D eigenvalue weighted by Gasteiger charge is 2.11. The number of hydrogen-bond donors (Lipinski definition) is 7. The van der Waals surface area contributed by atoms with Gasteiger partial charge in [-0.15, -0.1) is 0 Å². The number of unbranched alkanes of at least 4 members (excludes halogenated alkanes) is 3. The van der Waals surface area contributed by atoms with Gasteiger partial charge in [0, 0.05) is 58.9 Å². The molecule has 0 radical (unpaired) electrons. The number of carbonyl (C=O) groups is 2. The Bertz CT molecular complexity index is 522. The van der Waals surface area contributed by atoms with Crippen LogP contribution in [0, 0.1) is 5.92 Å². The lowest BCUT2D eigenvalue weighted by Crippen LogP contribution is -2.40. The largest absolute Gasteiger partial charge is 0.392 e. The summed E-state index contributed by atoms with van der Waals surface area (Å²) in [4.78, 5) is 28.1. The van der Waals surface area contributed by atoms with Gasteiger partial charge in [0.25, 0.3) is 0 Å². The van der Waals surface area contributed by atoms with Crippen LogP contribution >= 0.6 is 0 Å². The van der Waals surface area contributed by atoms with E-state index in [4.69, 9.17) is 0 Å². The molecule has 7 N–H and O–H groups in total. The predicted octanol–water partition coefficient (Wildman–Crippen LogP) is 1.33. The van der Waals surface area contributed by atoms with Gasteiger partial charge in [0.15, 0.2) is 0 Å². The Hall–Kier alpha value is -1.66. The number of rotatable bonds is 23. The number of nitrogens with zero attached hydrogens (tertiary/aromatic N) is 2. The van der Waals surface area contributed by atoms with Gasteiger partial charge in [-0.3, -0.25) is 4.90 Å². The fraction of sp³-hybridized carbons (Fsp3) is 0.926. The van der Waals surface area contributed by atoms with Crippen LogP contribution in [-0.4, -0.2) is 121 Å². The first-order valence-corrected chi connectivity index (χ1v) is 14.5. The lowest BCUT2D eigenvalue weighted by molar-refractivity contribution is 0.0830. The van der Waals surface area contributed by atoms with E-state index in [-0.39, 0.29) is 18.2 Å². The third-order valence-electron chi connectivity index (χ3n) is 5.74. The summed E-state index contributed by atoms with van der Waals surface area (Å²) in [7, 11) is 0. The maximum absolute atomic E-state index is 11.9. The molecule has 0 aromatic carbocycles. The van der Waals surface area contributed by atoms with Gasteiger partial charge in [0.1, 0.15) is 0 Å². The van der Waals surface area contributed by atoms with E-state index < -0.39 is 12.2 Å². The molecule has 0 spiro atoms. The second-order valence-corrected chi connectivity index (χ2v) is 10.9. The van der Waals surface area contributed by atoms with Crippen LogP contribution < -0.4 is 21.3 Å².